The topological polar surface area (TPSA) is 29.1 Å². The molecule has 0 heterocycles. The van der Waals surface area contributed by atoms with E-state index in [1.807, 2.05) is 18.2 Å². The number of amides is 1. The smallest absolute Gasteiger partial charge is 0.255 e. The number of benzene rings is 2. The molecule has 0 spiro atoms. The van der Waals surface area contributed by atoms with Gasteiger partial charge in [-0.25, -0.2) is 4.39 Å². The minimum atomic E-state index is -0.421. The summed E-state index contributed by atoms with van der Waals surface area (Å²) in [5.41, 5.74) is 2.47. The van der Waals surface area contributed by atoms with Crippen LogP contribution in [0.3, 0.4) is 0 Å². The van der Waals surface area contributed by atoms with E-state index in [9.17, 15) is 9.18 Å². The van der Waals surface area contributed by atoms with E-state index >= 15 is 0 Å². The highest BCUT2D eigenvalue weighted by Gasteiger charge is 2.10. The van der Waals surface area contributed by atoms with E-state index in [1.54, 1.807) is 19.1 Å². The summed E-state index contributed by atoms with van der Waals surface area (Å²) in [5, 5.41) is 2.74. The molecule has 0 aliphatic rings. The molecule has 0 aliphatic heterocycles. The van der Waals surface area contributed by atoms with Gasteiger partial charge in [-0.05, 0) is 42.3 Å². The number of halogens is 2. The molecule has 2 aromatic carbocycles. The zero-order valence-electron chi connectivity index (χ0n) is 10.4. The zero-order valence-corrected chi connectivity index (χ0v) is 11.2. The molecule has 2 rings (SSSR count). The Bertz CT molecular complexity index is 593. The average Bonchev–Trinajstić information content (AvgIpc) is 2.38. The first-order valence-corrected chi connectivity index (χ1v) is 6.36. The number of anilines is 1. The molecule has 2 aromatic rings. The number of alkyl halides is 1. The van der Waals surface area contributed by atoms with Gasteiger partial charge in [0.05, 0.1) is 0 Å². The van der Waals surface area contributed by atoms with Crippen LogP contribution in [0, 0.1) is 12.7 Å². The summed E-state index contributed by atoms with van der Waals surface area (Å²) >= 11 is 5.80. The molecule has 0 aliphatic carbocycles. The standard InChI is InChI=1S/C15H13ClFNO/c1-10-6-12(8-13(17)7-10)15(19)18-14-5-3-2-4-11(14)9-16/h2-8H,9H2,1H3,(H,18,19). The fourth-order valence-corrected chi connectivity index (χ4v) is 2.05. The van der Waals surface area contributed by atoms with Gasteiger partial charge in [0, 0.05) is 17.1 Å². The third kappa shape index (κ3) is 3.32. The minimum Gasteiger partial charge on any atom is -0.322 e. The van der Waals surface area contributed by atoms with Crippen LogP contribution in [-0.2, 0) is 5.88 Å². The number of nitrogens with one attached hydrogen (secondary N) is 1. The predicted octanol–water partition coefficient (Wildman–Crippen LogP) is 4.13. The van der Waals surface area contributed by atoms with E-state index < -0.39 is 5.82 Å². The van der Waals surface area contributed by atoms with Crippen molar-refractivity contribution in [2.45, 2.75) is 12.8 Å². The van der Waals surface area contributed by atoms with Crippen molar-refractivity contribution in [3.8, 4) is 0 Å². The summed E-state index contributed by atoms with van der Waals surface area (Å²) in [4.78, 5) is 12.1. The van der Waals surface area contributed by atoms with Crippen molar-refractivity contribution in [1.82, 2.24) is 0 Å². The number of carbonyl (C=O) groups is 1. The van der Waals surface area contributed by atoms with Crippen LogP contribution < -0.4 is 5.32 Å². The van der Waals surface area contributed by atoms with Gasteiger partial charge < -0.3 is 5.32 Å². The largest absolute Gasteiger partial charge is 0.322 e. The van der Waals surface area contributed by atoms with Gasteiger partial charge in [-0.3, -0.25) is 4.79 Å². The minimum absolute atomic E-state index is 0.293. The number of hydrogen-bond donors (Lipinski definition) is 1. The van der Waals surface area contributed by atoms with Gasteiger partial charge in [-0.15, -0.1) is 11.6 Å². The van der Waals surface area contributed by atoms with Crippen LogP contribution in [-0.4, -0.2) is 5.91 Å². The van der Waals surface area contributed by atoms with Crippen LogP contribution in [0.15, 0.2) is 42.5 Å². The molecule has 0 saturated carbocycles. The molecule has 0 fully saturated rings. The van der Waals surface area contributed by atoms with Crippen LogP contribution >= 0.6 is 11.6 Å². The van der Waals surface area contributed by atoms with Crippen molar-refractivity contribution in [1.29, 1.82) is 0 Å². The van der Waals surface area contributed by atoms with Gasteiger partial charge in [0.2, 0.25) is 0 Å². The van der Waals surface area contributed by atoms with Gasteiger partial charge >= 0.3 is 0 Å². The summed E-state index contributed by atoms with van der Waals surface area (Å²) in [6, 6.07) is 11.5. The number of carbonyl (C=O) groups excluding carboxylic acids is 1. The molecule has 1 amide bonds. The molecule has 1 N–H and O–H groups in total. The first kappa shape index (κ1) is 13.6. The number of para-hydroxylation sites is 1. The molecule has 4 heteroatoms. The lowest BCUT2D eigenvalue weighted by Gasteiger charge is -2.09. The first-order chi connectivity index (χ1) is 9.10. The molecule has 2 nitrogen and oxygen atoms in total. The monoisotopic (exact) mass is 277 g/mol. The Hall–Kier alpha value is -1.87. The molecule has 0 saturated heterocycles. The molecular weight excluding hydrogens is 265 g/mol. The second-order valence-electron chi connectivity index (χ2n) is 4.26. The molecule has 0 aromatic heterocycles. The van der Waals surface area contributed by atoms with Gasteiger partial charge in [-0.1, -0.05) is 18.2 Å². The van der Waals surface area contributed by atoms with Gasteiger partial charge in [0.1, 0.15) is 5.82 Å². The van der Waals surface area contributed by atoms with Crippen molar-refractivity contribution in [2.24, 2.45) is 0 Å². The lowest BCUT2D eigenvalue weighted by atomic mass is 10.1. The summed E-state index contributed by atoms with van der Waals surface area (Å²) in [5.74, 6) is -0.463. The maximum Gasteiger partial charge on any atom is 0.255 e. The third-order valence-corrected chi connectivity index (χ3v) is 3.00. The number of hydrogen-bond acceptors (Lipinski definition) is 1. The Morgan fingerprint density at radius 2 is 2.00 bits per heavy atom. The Morgan fingerprint density at radius 1 is 1.26 bits per heavy atom. The van der Waals surface area contributed by atoms with E-state index in [0.29, 0.717) is 22.7 Å². The highest BCUT2D eigenvalue weighted by Crippen LogP contribution is 2.18. The summed E-state index contributed by atoms with van der Waals surface area (Å²) in [6.07, 6.45) is 0. The second kappa shape index (κ2) is 5.85. The van der Waals surface area contributed by atoms with E-state index in [-0.39, 0.29) is 5.91 Å². The van der Waals surface area contributed by atoms with Crippen LogP contribution in [0.2, 0.25) is 0 Å². The average molecular weight is 278 g/mol. The Kier molecular flexibility index (Phi) is 4.17. The first-order valence-electron chi connectivity index (χ1n) is 5.82. The van der Waals surface area contributed by atoms with E-state index in [2.05, 4.69) is 5.32 Å². The van der Waals surface area contributed by atoms with Crippen LogP contribution in [0.5, 0.6) is 0 Å². The lowest BCUT2D eigenvalue weighted by molar-refractivity contribution is 0.102. The second-order valence-corrected chi connectivity index (χ2v) is 4.53. The molecule has 0 radical (unpaired) electrons. The summed E-state index contributed by atoms with van der Waals surface area (Å²) in [6.45, 7) is 1.74. The molecule has 19 heavy (non-hydrogen) atoms. The maximum absolute atomic E-state index is 13.3. The fourth-order valence-electron chi connectivity index (χ4n) is 1.82. The highest BCUT2D eigenvalue weighted by atomic mass is 35.5. The predicted molar refractivity (Wildman–Crippen MR) is 75.1 cm³/mol. The van der Waals surface area contributed by atoms with Crippen LogP contribution in [0.25, 0.3) is 0 Å². The summed E-state index contributed by atoms with van der Waals surface area (Å²) in [7, 11) is 0. The normalized spacial score (nSPS) is 10.3. The molecule has 0 atom stereocenters. The van der Waals surface area contributed by atoms with Gasteiger partial charge in [-0.2, -0.15) is 0 Å². The van der Waals surface area contributed by atoms with Crippen molar-refractivity contribution >= 4 is 23.2 Å². The Balaban J connectivity index is 2.25. The maximum atomic E-state index is 13.3. The molecule has 0 unspecified atom stereocenters. The molecule has 0 bridgehead atoms. The third-order valence-electron chi connectivity index (χ3n) is 2.71. The molecular formula is C15H13ClFNO. The van der Waals surface area contributed by atoms with Crippen molar-refractivity contribution in [3.63, 3.8) is 0 Å². The van der Waals surface area contributed by atoms with E-state index in [0.717, 1.165) is 5.56 Å². The zero-order chi connectivity index (χ0) is 13.8. The van der Waals surface area contributed by atoms with E-state index in [1.165, 1.54) is 12.1 Å². The number of rotatable bonds is 3. The molecule has 98 valence electrons. The quantitative estimate of drug-likeness (QED) is 0.840. The van der Waals surface area contributed by atoms with Crippen molar-refractivity contribution in [2.75, 3.05) is 5.32 Å². The van der Waals surface area contributed by atoms with E-state index in [4.69, 9.17) is 11.6 Å². The van der Waals surface area contributed by atoms with Gasteiger partial charge in [0.25, 0.3) is 5.91 Å². The number of aryl methyl sites for hydroxylation is 1. The van der Waals surface area contributed by atoms with Crippen molar-refractivity contribution < 1.29 is 9.18 Å². The van der Waals surface area contributed by atoms with Crippen LogP contribution in [0.1, 0.15) is 21.5 Å². The summed E-state index contributed by atoms with van der Waals surface area (Å²) < 4.78 is 13.3. The highest BCUT2D eigenvalue weighted by molar-refractivity contribution is 6.17. The van der Waals surface area contributed by atoms with Crippen molar-refractivity contribution in [3.05, 3.63) is 65.0 Å². The SMILES string of the molecule is Cc1cc(F)cc(C(=O)Nc2ccccc2CCl)c1. The van der Waals surface area contributed by atoms with Crippen LogP contribution in [0.4, 0.5) is 10.1 Å². The lowest BCUT2D eigenvalue weighted by Crippen LogP contribution is -2.13. The Labute approximate surface area is 116 Å². The fraction of sp³-hybridized carbons (Fsp3) is 0.133. The van der Waals surface area contributed by atoms with Gasteiger partial charge in [0.15, 0.2) is 0 Å². The Morgan fingerprint density at radius 3 is 2.68 bits per heavy atom.